The Bertz CT molecular complexity index is 889. The summed E-state index contributed by atoms with van der Waals surface area (Å²) in [6.45, 7) is 0. The van der Waals surface area contributed by atoms with Crippen molar-refractivity contribution >= 4 is 29.3 Å². The number of hydrogen-bond acceptors (Lipinski definition) is 2. The third-order valence-corrected chi connectivity index (χ3v) is 3.70. The highest BCUT2D eigenvalue weighted by atomic mass is 35.5. The molecule has 118 valence electrons. The van der Waals surface area contributed by atoms with Crippen molar-refractivity contribution in [2.24, 2.45) is 4.99 Å². The van der Waals surface area contributed by atoms with Crippen LogP contribution in [0.15, 0.2) is 77.8 Å². The van der Waals surface area contributed by atoms with Gasteiger partial charge in [0.2, 0.25) is 0 Å². The summed E-state index contributed by atoms with van der Waals surface area (Å²) in [5.74, 6) is -0.456. The molecule has 0 saturated carbocycles. The molecule has 3 aromatic rings. The fourth-order valence-electron chi connectivity index (χ4n) is 2.24. The topological polar surface area (TPSA) is 29.4 Å². The molecule has 0 aliphatic rings. The molecule has 0 saturated heterocycles. The van der Waals surface area contributed by atoms with Crippen LogP contribution in [0.2, 0.25) is 5.02 Å². The van der Waals surface area contributed by atoms with Gasteiger partial charge in [0, 0.05) is 22.4 Å². The third kappa shape index (κ3) is 3.76. The van der Waals surface area contributed by atoms with Crippen molar-refractivity contribution in [2.75, 3.05) is 0 Å². The number of halogens is 2. The summed E-state index contributed by atoms with van der Waals surface area (Å²) in [5, 5.41) is 0.468. The highest BCUT2D eigenvalue weighted by molar-refractivity contribution is 6.31. The molecule has 0 aliphatic carbocycles. The highest BCUT2D eigenvalue weighted by Crippen LogP contribution is 2.26. The van der Waals surface area contributed by atoms with E-state index in [1.807, 2.05) is 6.07 Å². The second-order valence-electron chi connectivity index (χ2n) is 5.17. The normalized spacial score (nSPS) is 10.9. The first-order valence-corrected chi connectivity index (χ1v) is 7.70. The smallest absolute Gasteiger partial charge is 0.195 e. The molecule has 0 aromatic heterocycles. The highest BCUT2D eigenvalue weighted by Gasteiger charge is 2.13. The largest absolute Gasteiger partial charge is 0.289 e. The molecule has 0 amide bonds. The molecule has 0 heterocycles. The molecule has 0 aliphatic heterocycles. The van der Waals surface area contributed by atoms with Gasteiger partial charge in [-0.15, -0.1) is 0 Å². The fraction of sp³-hybridized carbons (Fsp3) is 0. The summed E-state index contributed by atoms with van der Waals surface area (Å²) in [4.78, 5) is 17.1. The lowest BCUT2D eigenvalue weighted by atomic mass is 10.0. The lowest BCUT2D eigenvalue weighted by Crippen LogP contribution is -2.01. The number of ketones is 1. The van der Waals surface area contributed by atoms with Crippen molar-refractivity contribution in [3.63, 3.8) is 0 Å². The van der Waals surface area contributed by atoms with Gasteiger partial charge in [-0.05, 0) is 35.9 Å². The number of rotatable bonds is 4. The van der Waals surface area contributed by atoms with Crippen molar-refractivity contribution in [2.45, 2.75) is 0 Å². The van der Waals surface area contributed by atoms with Crippen LogP contribution in [0.3, 0.4) is 0 Å². The van der Waals surface area contributed by atoms with E-state index < -0.39 is 0 Å². The molecule has 2 nitrogen and oxygen atoms in total. The van der Waals surface area contributed by atoms with E-state index in [-0.39, 0.29) is 11.6 Å². The SMILES string of the molecule is O=C(c1ccccc1)c1cc(Cl)ccc1N=Cc1ccc(F)cc1. The van der Waals surface area contributed by atoms with Gasteiger partial charge in [0.1, 0.15) is 5.82 Å². The molecule has 0 unspecified atom stereocenters. The van der Waals surface area contributed by atoms with Crippen molar-refractivity contribution in [1.29, 1.82) is 0 Å². The predicted molar refractivity (Wildman–Crippen MR) is 95.0 cm³/mol. The average Bonchev–Trinajstić information content (AvgIpc) is 2.62. The van der Waals surface area contributed by atoms with Crippen LogP contribution in [0.25, 0.3) is 0 Å². The zero-order valence-electron chi connectivity index (χ0n) is 12.6. The summed E-state index contributed by atoms with van der Waals surface area (Å²) in [7, 11) is 0. The van der Waals surface area contributed by atoms with Crippen LogP contribution in [-0.4, -0.2) is 12.0 Å². The van der Waals surface area contributed by atoms with Gasteiger partial charge in [-0.2, -0.15) is 0 Å². The van der Waals surface area contributed by atoms with Crippen molar-refractivity contribution < 1.29 is 9.18 Å². The van der Waals surface area contributed by atoms with Gasteiger partial charge in [-0.3, -0.25) is 9.79 Å². The summed E-state index contributed by atoms with van der Waals surface area (Å²) in [6.07, 6.45) is 1.59. The number of benzene rings is 3. The maximum absolute atomic E-state index is 12.9. The second kappa shape index (κ2) is 7.20. The molecule has 0 fully saturated rings. The average molecular weight is 338 g/mol. The number of aliphatic imine (C=N–C) groups is 1. The second-order valence-corrected chi connectivity index (χ2v) is 5.60. The minimum absolute atomic E-state index is 0.149. The molecule has 3 aromatic carbocycles. The predicted octanol–water partition coefficient (Wildman–Crippen LogP) is 5.46. The number of carbonyl (C=O) groups excluding carboxylic acids is 1. The Balaban J connectivity index is 1.97. The first-order valence-electron chi connectivity index (χ1n) is 7.32. The van der Waals surface area contributed by atoms with Gasteiger partial charge in [0.25, 0.3) is 0 Å². The summed E-state index contributed by atoms with van der Waals surface area (Å²) in [5.41, 5.74) is 2.24. The van der Waals surface area contributed by atoms with E-state index in [4.69, 9.17) is 11.6 Å². The van der Waals surface area contributed by atoms with E-state index in [0.29, 0.717) is 21.8 Å². The van der Waals surface area contributed by atoms with Crippen LogP contribution in [0, 0.1) is 5.82 Å². The lowest BCUT2D eigenvalue weighted by Gasteiger charge is -2.06. The van der Waals surface area contributed by atoms with Gasteiger partial charge in [-0.25, -0.2) is 4.39 Å². The van der Waals surface area contributed by atoms with Crippen LogP contribution in [-0.2, 0) is 0 Å². The first kappa shape index (κ1) is 16.1. The fourth-order valence-corrected chi connectivity index (χ4v) is 2.41. The molecule has 0 atom stereocenters. The van der Waals surface area contributed by atoms with Gasteiger partial charge < -0.3 is 0 Å². The van der Waals surface area contributed by atoms with Crippen LogP contribution < -0.4 is 0 Å². The molecular weight excluding hydrogens is 325 g/mol. The van der Waals surface area contributed by atoms with Crippen LogP contribution in [0.4, 0.5) is 10.1 Å². The molecule has 0 N–H and O–H groups in total. The van der Waals surface area contributed by atoms with Crippen molar-refractivity contribution in [1.82, 2.24) is 0 Å². The maximum atomic E-state index is 12.9. The summed E-state index contributed by atoms with van der Waals surface area (Å²) < 4.78 is 12.9. The molecule has 4 heteroatoms. The van der Waals surface area contributed by atoms with Gasteiger partial charge in [-0.1, -0.05) is 54.1 Å². The molecule has 0 bridgehead atoms. The Labute approximate surface area is 144 Å². The van der Waals surface area contributed by atoms with E-state index in [0.717, 1.165) is 5.56 Å². The van der Waals surface area contributed by atoms with E-state index in [1.165, 1.54) is 12.1 Å². The van der Waals surface area contributed by atoms with Crippen LogP contribution >= 0.6 is 11.6 Å². The Hall–Kier alpha value is -2.78. The maximum Gasteiger partial charge on any atom is 0.195 e. The lowest BCUT2D eigenvalue weighted by molar-refractivity contribution is 0.103. The Morgan fingerprint density at radius 1 is 0.958 bits per heavy atom. The number of hydrogen-bond donors (Lipinski definition) is 0. The minimum atomic E-state index is -0.307. The number of nitrogens with zero attached hydrogens (tertiary/aromatic N) is 1. The summed E-state index contributed by atoms with van der Waals surface area (Å²) in [6, 6.07) is 19.9. The molecular formula is C20H13ClFNO. The molecule has 24 heavy (non-hydrogen) atoms. The van der Waals surface area contributed by atoms with E-state index in [2.05, 4.69) is 4.99 Å². The van der Waals surface area contributed by atoms with Crippen LogP contribution in [0.1, 0.15) is 21.5 Å². The summed E-state index contributed by atoms with van der Waals surface area (Å²) >= 11 is 6.04. The molecule has 0 spiro atoms. The molecule has 0 radical (unpaired) electrons. The van der Waals surface area contributed by atoms with Gasteiger partial charge in [0.05, 0.1) is 5.69 Å². The zero-order chi connectivity index (χ0) is 16.9. The number of carbonyl (C=O) groups is 1. The quantitative estimate of drug-likeness (QED) is 0.459. The van der Waals surface area contributed by atoms with Gasteiger partial charge >= 0.3 is 0 Å². The van der Waals surface area contributed by atoms with Crippen LogP contribution in [0.5, 0.6) is 0 Å². The van der Waals surface area contributed by atoms with E-state index >= 15 is 0 Å². The van der Waals surface area contributed by atoms with E-state index in [9.17, 15) is 9.18 Å². The standard InChI is InChI=1S/C20H13ClFNO/c21-16-8-11-19(23-13-14-6-9-17(22)10-7-14)18(12-16)20(24)15-4-2-1-3-5-15/h1-13H. The molecule has 3 rings (SSSR count). The van der Waals surface area contributed by atoms with Crippen molar-refractivity contribution in [3.8, 4) is 0 Å². The minimum Gasteiger partial charge on any atom is -0.289 e. The first-order chi connectivity index (χ1) is 11.6. The Morgan fingerprint density at radius 2 is 1.67 bits per heavy atom. The monoisotopic (exact) mass is 337 g/mol. The third-order valence-electron chi connectivity index (χ3n) is 3.46. The van der Waals surface area contributed by atoms with Crippen molar-refractivity contribution in [3.05, 3.63) is 100 Å². The van der Waals surface area contributed by atoms with E-state index in [1.54, 1.807) is 60.8 Å². The zero-order valence-corrected chi connectivity index (χ0v) is 13.4. The Kier molecular flexibility index (Phi) is 4.82. The van der Waals surface area contributed by atoms with Gasteiger partial charge in [0.15, 0.2) is 5.78 Å². The Morgan fingerprint density at radius 3 is 2.38 bits per heavy atom.